The van der Waals surface area contributed by atoms with E-state index >= 15 is 0 Å². The van der Waals surface area contributed by atoms with E-state index in [0.717, 1.165) is 27.4 Å². The molecule has 3 unspecified atom stereocenters. The van der Waals surface area contributed by atoms with Gasteiger partial charge < -0.3 is 4.74 Å². The number of thioether (sulfide) groups is 1. The summed E-state index contributed by atoms with van der Waals surface area (Å²) in [7, 11) is 0. The maximum atomic E-state index is 12.3. The van der Waals surface area contributed by atoms with E-state index in [2.05, 4.69) is 25.8 Å². The fourth-order valence-corrected chi connectivity index (χ4v) is 5.51. The summed E-state index contributed by atoms with van der Waals surface area (Å²) in [6, 6.07) is 5.68. The number of fused-ring (bicyclic) bond motifs is 1. The van der Waals surface area contributed by atoms with Gasteiger partial charge >= 0.3 is 5.97 Å². The minimum Gasteiger partial charge on any atom is -0.461 e. The van der Waals surface area contributed by atoms with E-state index in [1.807, 2.05) is 18.2 Å². The van der Waals surface area contributed by atoms with Gasteiger partial charge in [-0.15, -0.1) is 11.3 Å². The van der Waals surface area contributed by atoms with Gasteiger partial charge in [-0.2, -0.15) is 0 Å². The zero-order chi connectivity index (χ0) is 18.0. The quantitative estimate of drug-likeness (QED) is 0.455. The lowest BCUT2D eigenvalue weighted by atomic mass is 9.75. The molecular formula is C19H24ClNO2S2. The highest BCUT2D eigenvalue weighted by atomic mass is 35.5. The Morgan fingerprint density at radius 2 is 2.24 bits per heavy atom. The Morgan fingerprint density at radius 1 is 1.44 bits per heavy atom. The Labute approximate surface area is 162 Å². The number of aromatic nitrogens is 1. The molecule has 3 rings (SSSR count). The van der Waals surface area contributed by atoms with Crippen molar-refractivity contribution in [2.75, 3.05) is 5.75 Å². The maximum Gasteiger partial charge on any atom is 0.316 e. The van der Waals surface area contributed by atoms with E-state index in [1.54, 1.807) is 11.3 Å². The van der Waals surface area contributed by atoms with Crippen LogP contribution in [0.1, 0.15) is 40.0 Å². The van der Waals surface area contributed by atoms with Gasteiger partial charge in [0, 0.05) is 5.02 Å². The summed E-state index contributed by atoms with van der Waals surface area (Å²) in [5.74, 6) is 1.84. The van der Waals surface area contributed by atoms with Gasteiger partial charge in [0.25, 0.3) is 0 Å². The van der Waals surface area contributed by atoms with Crippen LogP contribution in [0.25, 0.3) is 10.2 Å². The van der Waals surface area contributed by atoms with E-state index in [1.165, 1.54) is 18.2 Å². The predicted molar refractivity (Wildman–Crippen MR) is 107 cm³/mol. The molecule has 0 bridgehead atoms. The second-order valence-electron chi connectivity index (χ2n) is 7.23. The number of thiazole rings is 1. The Kier molecular flexibility index (Phi) is 6.29. The first-order valence-electron chi connectivity index (χ1n) is 8.80. The van der Waals surface area contributed by atoms with Crippen LogP contribution in [0.15, 0.2) is 22.5 Å². The molecule has 6 heteroatoms. The van der Waals surface area contributed by atoms with Crippen molar-refractivity contribution in [3.63, 3.8) is 0 Å². The summed E-state index contributed by atoms with van der Waals surface area (Å²) >= 11 is 9.03. The molecule has 1 saturated carbocycles. The summed E-state index contributed by atoms with van der Waals surface area (Å²) in [4.78, 5) is 16.9. The van der Waals surface area contributed by atoms with Crippen molar-refractivity contribution in [3.8, 4) is 0 Å². The molecule has 1 fully saturated rings. The Morgan fingerprint density at radius 3 is 3.00 bits per heavy atom. The molecule has 0 amide bonds. The minimum atomic E-state index is -0.132. The van der Waals surface area contributed by atoms with Gasteiger partial charge in [-0.1, -0.05) is 50.6 Å². The third-order valence-electron chi connectivity index (χ3n) is 4.89. The summed E-state index contributed by atoms with van der Waals surface area (Å²) in [6.45, 7) is 6.70. The van der Waals surface area contributed by atoms with Crippen LogP contribution >= 0.6 is 34.7 Å². The fourth-order valence-electron chi connectivity index (χ4n) is 3.51. The Balaban J connectivity index is 1.57. The number of hydrogen-bond acceptors (Lipinski definition) is 5. The van der Waals surface area contributed by atoms with E-state index in [-0.39, 0.29) is 12.1 Å². The average molecular weight is 398 g/mol. The van der Waals surface area contributed by atoms with Gasteiger partial charge in [0.1, 0.15) is 6.10 Å². The number of rotatable bonds is 5. The maximum absolute atomic E-state index is 12.3. The summed E-state index contributed by atoms with van der Waals surface area (Å²) in [5.41, 5.74) is 0.884. The molecule has 1 aromatic heterocycles. The smallest absolute Gasteiger partial charge is 0.316 e. The highest BCUT2D eigenvalue weighted by molar-refractivity contribution is 8.01. The van der Waals surface area contributed by atoms with Gasteiger partial charge in [0.2, 0.25) is 0 Å². The van der Waals surface area contributed by atoms with E-state index in [9.17, 15) is 4.79 Å². The topological polar surface area (TPSA) is 39.2 Å². The molecule has 1 aliphatic rings. The third kappa shape index (κ3) is 4.89. The van der Waals surface area contributed by atoms with Crippen LogP contribution < -0.4 is 0 Å². The number of benzene rings is 1. The predicted octanol–water partition coefficient (Wildman–Crippen LogP) is 6.05. The molecule has 3 atom stereocenters. The van der Waals surface area contributed by atoms with Crippen LogP contribution in [0.3, 0.4) is 0 Å². The minimum absolute atomic E-state index is 0.0611. The van der Waals surface area contributed by atoms with Crippen LogP contribution in [-0.2, 0) is 9.53 Å². The molecule has 0 saturated heterocycles. The van der Waals surface area contributed by atoms with Crippen molar-refractivity contribution in [3.05, 3.63) is 23.2 Å². The Hall–Kier alpha value is -0.780. The number of nitrogens with zero attached hydrogens (tertiary/aromatic N) is 1. The number of esters is 1. The largest absolute Gasteiger partial charge is 0.461 e. The second kappa shape index (κ2) is 8.28. The van der Waals surface area contributed by atoms with Crippen molar-refractivity contribution in [1.82, 2.24) is 4.98 Å². The molecule has 25 heavy (non-hydrogen) atoms. The third-order valence-corrected chi connectivity index (χ3v) is 7.28. The van der Waals surface area contributed by atoms with Gasteiger partial charge in [-0.25, -0.2) is 4.98 Å². The number of carbonyl (C=O) groups is 1. The van der Waals surface area contributed by atoms with Gasteiger partial charge in [-0.3, -0.25) is 4.79 Å². The normalized spacial score (nSPS) is 24.0. The van der Waals surface area contributed by atoms with Crippen LogP contribution in [-0.4, -0.2) is 22.8 Å². The molecule has 3 nitrogen and oxygen atoms in total. The molecule has 136 valence electrons. The average Bonchev–Trinajstić information content (AvgIpc) is 2.94. The molecule has 0 radical (unpaired) electrons. The summed E-state index contributed by atoms with van der Waals surface area (Å²) < 4.78 is 7.81. The lowest BCUT2D eigenvalue weighted by Crippen LogP contribution is -2.36. The number of halogens is 1. The molecule has 1 heterocycles. The van der Waals surface area contributed by atoms with Crippen LogP contribution in [0.5, 0.6) is 0 Å². The van der Waals surface area contributed by atoms with Crippen molar-refractivity contribution < 1.29 is 9.53 Å². The van der Waals surface area contributed by atoms with Crippen LogP contribution in [0.2, 0.25) is 5.02 Å². The SMILES string of the molecule is CC1CCC(C(C)C)C(OC(=O)CSc2nc3cc(Cl)ccc3s2)C1. The first kappa shape index (κ1) is 19.0. The van der Waals surface area contributed by atoms with E-state index < -0.39 is 0 Å². The fraction of sp³-hybridized carbons (Fsp3) is 0.579. The van der Waals surface area contributed by atoms with Crippen molar-refractivity contribution in [2.45, 2.75) is 50.5 Å². The van der Waals surface area contributed by atoms with Gasteiger partial charge in [0.15, 0.2) is 4.34 Å². The lowest BCUT2D eigenvalue weighted by Gasteiger charge is -2.36. The Bertz CT molecular complexity index is 746. The zero-order valence-corrected chi connectivity index (χ0v) is 17.2. The van der Waals surface area contributed by atoms with E-state index in [4.69, 9.17) is 16.3 Å². The zero-order valence-electron chi connectivity index (χ0n) is 14.8. The molecular weight excluding hydrogens is 374 g/mol. The summed E-state index contributed by atoms with van der Waals surface area (Å²) in [6.07, 6.45) is 3.44. The number of hydrogen-bond donors (Lipinski definition) is 0. The second-order valence-corrected chi connectivity index (χ2v) is 9.92. The van der Waals surface area contributed by atoms with Gasteiger partial charge in [-0.05, 0) is 48.8 Å². The van der Waals surface area contributed by atoms with Crippen LogP contribution in [0.4, 0.5) is 0 Å². The number of ether oxygens (including phenoxy) is 1. The molecule has 0 spiro atoms. The first-order chi connectivity index (χ1) is 11.9. The first-order valence-corrected chi connectivity index (χ1v) is 11.0. The van der Waals surface area contributed by atoms with Crippen molar-refractivity contribution >= 4 is 50.9 Å². The van der Waals surface area contributed by atoms with Crippen molar-refractivity contribution in [2.24, 2.45) is 17.8 Å². The van der Waals surface area contributed by atoms with Gasteiger partial charge in [0.05, 0.1) is 16.0 Å². The highest BCUT2D eigenvalue weighted by Gasteiger charge is 2.33. The molecule has 1 aromatic carbocycles. The lowest BCUT2D eigenvalue weighted by molar-refractivity contribution is -0.152. The molecule has 1 aliphatic carbocycles. The van der Waals surface area contributed by atoms with Crippen molar-refractivity contribution in [1.29, 1.82) is 0 Å². The molecule has 0 aliphatic heterocycles. The standard InChI is InChI=1S/C19H24ClNO2S2/c1-11(2)14-6-4-12(3)8-16(14)23-18(22)10-24-19-21-15-9-13(20)5-7-17(15)25-19/h5,7,9,11-12,14,16H,4,6,8,10H2,1-3H3. The summed E-state index contributed by atoms with van der Waals surface area (Å²) in [5, 5.41) is 0.680. The number of carbonyl (C=O) groups excluding carboxylic acids is 1. The monoisotopic (exact) mass is 397 g/mol. The molecule has 0 N–H and O–H groups in total. The van der Waals surface area contributed by atoms with Crippen LogP contribution in [0, 0.1) is 17.8 Å². The highest BCUT2D eigenvalue weighted by Crippen LogP contribution is 2.36. The molecule has 2 aromatic rings. The van der Waals surface area contributed by atoms with E-state index in [0.29, 0.717) is 28.5 Å².